The molecule has 0 radical (unpaired) electrons. The summed E-state index contributed by atoms with van der Waals surface area (Å²) in [4.78, 5) is 11.2. The van der Waals surface area contributed by atoms with Gasteiger partial charge in [0, 0.05) is 11.8 Å². The molecule has 0 spiro atoms. The molecule has 2 aromatic carbocycles. The van der Waals surface area contributed by atoms with Crippen LogP contribution in [-0.2, 0) is 4.74 Å². The highest BCUT2D eigenvalue weighted by atomic mass is 16.5. The van der Waals surface area contributed by atoms with Crippen molar-refractivity contribution in [3.63, 3.8) is 0 Å². The predicted octanol–water partition coefficient (Wildman–Crippen LogP) is 5.99. The summed E-state index contributed by atoms with van der Waals surface area (Å²) in [6.07, 6.45) is 3.14. The van der Waals surface area contributed by atoms with Gasteiger partial charge in [-0.15, -0.1) is 0 Å². The van der Waals surface area contributed by atoms with Crippen LogP contribution in [0.5, 0.6) is 0 Å². The molecule has 0 amide bonds. The van der Waals surface area contributed by atoms with Gasteiger partial charge >= 0.3 is 5.97 Å². The summed E-state index contributed by atoms with van der Waals surface area (Å²) in [7, 11) is 0. The van der Waals surface area contributed by atoms with Gasteiger partial charge in [0.2, 0.25) is 0 Å². The summed E-state index contributed by atoms with van der Waals surface area (Å²) in [5.41, 5.74) is 3.76. The average Bonchev–Trinajstić information content (AvgIpc) is 2.68. The second-order valence-electron chi connectivity index (χ2n) is 7.52. The first kappa shape index (κ1) is 19.4. The number of hydrogen-bond acceptors (Lipinski definition) is 2. The summed E-state index contributed by atoms with van der Waals surface area (Å²) in [5.74, 6) is -0.350. The maximum atomic E-state index is 11.2. The van der Waals surface area contributed by atoms with Crippen LogP contribution in [0.25, 0.3) is 0 Å². The Morgan fingerprint density at radius 3 is 2.33 bits per heavy atom. The fraction of sp³-hybridized carbons (Fsp3) is 0.375. The number of carboxylic acids is 1. The molecule has 1 N–H and O–H groups in total. The van der Waals surface area contributed by atoms with Gasteiger partial charge in [-0.1, -0.05) is 68.0 Å². The molecule has 0 aromatic heterocycles. The molecule has 2 aromatic rings. The summed E-state index contributed by atoms with van der Waals surface area (Å²) in [6.45, 7) is 8.48. The molecule has 0 aliphatic carbocycles. The van der Waals surface area contributed by atoms with Crippen molar-refractivity contribution in [1.29, 1.82) is 0 Å². The van der Waals surface area contributed by atoms with Gasteiger partial charge in [0.25, 0.3) is 0 Å². The molecule has 4 atom stereocenters. The molecule has 3 rings (SSSR count). The number of rotatable bonds is 6. The number of carbonyl (C=O) groups is 1. The van der Waals surface area contributed by atoms with Gasteiger partial charge in [0.1, 0.15) is 0 Å². The smallest absolute Gasteiger partial charge is 0.335 e. The highest BCUT2D eigenvalue weighted by molar-refractivity contribution is 5.87. The van der Waals surface area contributed by atoms with Crippen LogP contribution < -0.4 is 0 Å². The van der Waals surface area contributed by atoms with E-state index in [1.165, 1.54) is 5.56 Å². The first-order valence-corrected chi connectivity index (χ1v) is 9.70. The SMILES string of the molecule is C=C(C)[C@H]1C[C@H](c2ccccc2)[C@H](CCC)O[C@@H]1c1ccc(C(=O)O)cc1. The molecule has 1 aliphatic heterocycles. The normalized spacial score (nSPS) is 25.1. The maximum Gasteiger partial charge on any atom is 0.335 e. The topological polar surface area (TPSA) is 46.5 Å². The largest absolute Gasteiger partial charge is 0.478 e. The molecule has 1 fully saturated rings. The summed E-state index contributed by atoms with van der Waals surface area (Å²) < 4.78 is 6.65. The number of aromatic carboxylic acids is 1. The summed E-state index contributed by atoms with van der Waals surface area (Å²) in [6, 6.07) is 17.7. The van der Waals surface area contributed by atoms with E-state index in [1.807, 2.05) is 18.2 Å². The van der Waals surface area contributed by atoms with E-state index >= 15 is 0 Å². The minimum Gasteiger partial charge on any atom is -0.478 e. The molecule has 27 heavy (non-hydrogen) atoms. The van der Waals surface area contributed by atoms with Crippen molar-refractivity contribution >= 4 is 5.97 Å². The fourth-order valence-electron chi connectivity index (χ4n) is 4.12. The Bertz CT molecular complexity index is 779. The van der Waals surface area contributed by atoms with Crippen LogP contribution in [-0.4, -0.2) is 17.2 Å². The molecular formula is C24H28O3. The van der Waals surface area contributed by atoms with Gasteiger partial charge in [0.05, 0.1) is 17.8 Å². The Kier molecular flexibility index (Phi) is 6.12. The number of benzene rings is 2. The van der Waals surface area contributed by atoms with Crippen molar-refractivity contribution in [1.82, 2.24) is 0 Å². The maximum absolute atomic E-state index is 11.2. The van der Waals surface area contributed by atoms with Crippen LogP contribution in [0.4, 0.5) is 0 Å². The molecule has 1 aliphatic rings. The first-order valence-electron chi connectivity index (χ1n) is 9.70. The molecule has 1 saturated heterocycles. The van der Waals surface area contributed by atoms with Crippen molar-refractivity contribution in [2.45, 2.75) is 51.2 Å². The second kappa shape index (κ2) is 8.53. The van der Waals surface area contributed by atoms with Crippen LogP contribution in [0, 0.1) is 5.92 Å². The minimum absolute atomic E-state index is 0.0816. The zero-order chi connectivity index (χ0) is 19.4. The van der Waals surface area contributed by atoms with Gasteiger partial charge < -0.3 is 9.84 Å². The van der Waals surface area contributed by atoms with Crippen molar-refractivity contribution in [2.75, 3.05) is 0 Å². The number of ether oxygens (including phenoxy) is 1. The van der Waals surface area contributed by atoms with Crippen molar-refractivity contribution in [2.24, 2.45) is 5.92 Å². The standard InChI is InChI=1S/C24H28O3/c1-4-8-22-21(17-9-6-5-7-10-17)15-20(16(2)3)23(27-22)18-11-13-19(14-12-18)24(25)26/h5-7,9-14,20-23H,2,4,8,15H2,1,3H3,(H,25,26)/t20-,21-,22+,23-/m1/s1. The monoisotopic (exact) mass is 364 g/mol. The lowest BCUT2D eigenvalue weighted by Gasteiger charge is -2.43. The van der Waals surface area contributed by atoms with Crippen LogP contribution in [0.3, 0.4) is 0 Å². The van der Waals surface area contributed by atoms with E-state index < -0.39 is 5.97 Å². The van der Waals surface area contributed by atoms with E-state index in [4.69, 9.17) is 9.84 Å². The Hall–Kier alpha value is -2.39. The van der Waals surface area contributed by atoms with Crippen molar-refractivity contribution in [3.8, 4) is 0 Å². The molecule has 1 heterocycles. The van der Waals surface area contributed by atoms with Gasteiger partial charge in [-0.25, -0.2) is 4.79 Å². The molecule has 0 saturated carbocycles. The van der Waals surface area contributed by atoms with Crippen molar-refractivity contribution in [3.05, 3.63) is 83.4 Å². The second-order valence-corrected chi connectivity index (χ2v) is 7.52. The average molecular weight is 364 g/mol. The summed E-state index contributed by atoms with van der Waals surface area (Å²) in [5, 5.41) is 9.15. The van der Waals surface area contributed by atoms with E-state index in [2.05, 4.69) is 44.7 Å². The lowest BCUT2D eigenvalue weighted by Crippen LogP contribution is -2.36. The molecular weight excluding hydrogens is 336 g/mol. The van der Waals surface area contributed by atoms with Gasteiger partial charge in [-0.2, -0.15) is 0 Å². The predicted molar refractivity (Wildman–Crippen MR) is 108 cm³/mol. The Balaban J connectivity index is 1.92. The third-order valence-corrected chi connectivity index (χ3v) is 5.56. The van der Waals surface area contributed by atoms with Crippen LogP contribution in [0.2, 0.25) is 0 Å². The third-order valence-electron chi connectivity index (χ3n) is 5.56. The summed E-state index contributed by atoms with van der Waals surface area (Å²) >= 11 is 0. The first-order chi connectivity index (χ1) is 13.0. The van der Waals surface area contributed by atoms with Gasteiger partial charge in [-0.05, 0) is 43.0 Å². The number of carboxylic acid groups (broad SMARTS) is 1. The highest BCUT2D eigenvalue weighted by Crippen LogP contribution is 2.47. The lowest BCUT2D eigenvalue weighted by molar-refractivity contribution is -0.0923. The number of hydrogen-bond donors (Lipinski definition) is 1. The fourth-order valence-corrected chi connectivity index (χ4v) is 4.12. The van der Waals surface area contributed by atoms with Gasteiger partial charge in [0.15, 0.2) is 0 Å². The Morgan fingerprint density at radius 1 is 1.11 bits per heavy atom. The third kappa shape index (κ3) is 4.30. The van der Waals surface area contributed by atoms with E-state index in [9.17, 15) is 4.79 Å². The van der Waals surface area contributed by atoms with E-state index in [1.54, 1.807) is 12.1 Å². The molecule has 3 heteroatoms. The highest BCUT2D eigenvalue weighted by Gasteiger charge is 2.39. The van der Waals surface area contributed by atoms with Crippen LogP contribution >= 0.6 is 0 Å². The van der Waals surface area contributed by atoms with Gasteiger partial charge in [-0.3, -0.25) is 0 Å². The minimum atomic E-state index is -0.907. The zero-order valence-corrected chi connectivity index (χ0v) is 16.1. The van der Waals surface area contributed by atoms with Crippen LogP contribution in [0.15, 0.2) is 66.7 Å². The zero-order valence-electron chi connectivity index (χ0n) is 16.1. The van der Waals surface area contributed by atoms with E-state index in [0.717, 1.165) is 30.4 Å². The Morgan fingerprint density at radius 2 is 1.78 bits per heavy atom. The quantitative estimate of drug-likeness (QED) is 0.640. The lowest BCUT2D eigenvalue weighted by atomic mass is 9.75. The van der Waals surface area contributed by atoms with E-state index in [0.29, 0.717) is 11.5 Å². The molecule has 142 valence electrons. The Labute approximate surface area is 161 Å². The van der Waals surface area contributed by atoms with E-state index in [-0.39, 0.29) is 18.1 Å². The van der Waals surface area contributed by atoms with Crippen molar-refractivity contribution < 1.29 is 14.6 Å². The molecule has 0 unspecified atom stereocenters. The van der Waals surface area contributed by atoms with Crippen LogP contribution in [0.1, 0.15) is 66.6 Å². The molecule has 0 bridgehead atoms. The molecule has 3 nitrogen and oxygen atoms in total.